The zero-order valence-electron chi connectivity index (χ0n) is 9.09. The molecule has 0 aliphatic heterocycles. The number of rotatable bonds is 3. The highest BCUT2D eigenvalue weighted by atomic mass is 35.5. The van der Waals surface area contributed by atoms with E-state index < -0.39 is 11.7 Å². The van der Waals surface area contributed by atoms with Crippen LogP contribution in [0.5, 0.6) is 0 Å². The summed E-state index contributed by atoms with van der Waals surface area (Å²) >= 11 is 5.58. The Morgan fingerprint density at radius 1 is 1.22 bits per heavy atom. The fourth-order valence-corrected chi connectivity index (χ4v) is 1.67. The second kappa shape index (κ2) is 4.94. The molecule has 0 bridgehead atoms. The molecule has 2 aromatic rings. The first kappa shape index (κ1) is 12.8. The molecule has 0 radical (unpaired) electrons. The smallest absolute Gasteiger partial charge is 0.418 e. The van der Waals surface area contributed by atoms with Gasteiger partial charge in [-0.05, 0) is 24.3 Å². The van der Waals surface area contributed by atoms with Gasteiger partial charge in [0.25, 0.3) is 0 Å². The van der Waals surface area contributed by atoms with Gasteiger partial charge in [0, 0.05) is 22.8 Å². The van der Waals surface area contributed by atoms with Crippen LogP contribution in [0.4, 0.5) is 18.9 Å². The molecule has 0 spiro atoms. The lowest BCUT2D eigenvalue weighted by Gasteiger charge is -2.14. The average molecular weight is 276 g/mol. The van der Waals surface area contributed by atoms with Crippen molar-refractivity contribution in [2.24, 2.45) is 0 Å². The van der Waals surface area contributed by atoms with Crippen LogP contribution in [-0.4, -0.2) is 0 Å². The van der Waals surface area contributed by atoms with Gasteiger partial charge in [-0.25, -0.2) is 0 Å². The lowest BCUT2D eigenvalue weighted by atomic mass is 10.1. The van der Waals surface area contributed by atoms with E-state index in [0.717, 1.165) is 11.6 Å². The van der Waals surface area contributed by atoms with Crippen LogP contribution in [-0.2, 0) is 12.7 Å². The molecule has 2 nitrogen and oxygen atoms in total. The standard InChI is InChI=1S/C12H9ClF3NO/c13-9-1-2-11(10(5-9)12(14,15)16)17-6-8-3-4-18-7-8/h1-5,7,17H,6H2. The van der Waals surface area contributed by atoms with E-state index in [9.17, 15) is 13.2 Å². The van der Waals surface area contributed by atoms with Crippen molar-refractivity contribution in [3.8, 4) is 0 Å². The summed E-state index contributed by atoms with van der Waals surface area (Å²) in [6.45, 7) is 0.251. The topological polar surface area (TPSA) is 25.2 Å². The number of hydrogen-bond acceptors (Lipinski definition) is 2. The van der Waals surface area contributed by atoms with Crippen molar-refractivity contribution in [3.05, 3.63) is 52.9 Å². The van der Waals surface area contributed by atoms with Crippen molar-refractivity contribution in [3.63, 3.8) is 0 Å². The van der Waals surface area contributed by atoms with E-state index in [2.05, 4.69) is 5.32 Å². The fourth-order valence-electron chi connectivity index (χ4n) is 1.50. The highest BCUT2D eigenvalue weighted by molar-refractivity contribution is 6.30. The molecular formula is C12H9ClF3NO. The summed E-state index contributed by atoms with van der Waals surface area (Å²) in [6.07, 6.45) is -1.51. The molecule has 0 aliphatic carbocycles. The van der Waals surface area contributed by atoms with Gasteiger partial charge >= 0.3 is 6.18 Å². The Morgan fingerprint density at radius 2 is 2.00 bits per heavy atom. The molecule has 96 valence electrons. The third-order valence-electron chi connectivity index (χ3n) is 2.35. The molecule has 6 heteroatoms. The average Bonchev–Trinajstić information content (AvgIpc) is 2.79. The fraction of sp³-hybridized carbons (Fsp3) is 0.167. The number of halogens is 4. The predicted molar refractivity (Wildman–Crippen MR) is 62.5 cm³/mol. The lowest BCUT2D eigenvalue weighted by Crippen LogP contribution is -2.10. The zero-order valence-corrected chi connectivity index (χ0v) is 9.85. The van der Waals surface area contributed by atoms with Crippen LogP contribution in [0.3, 0.4) is 0 Å². The van der Waals surface area contributed by atoms with Gasteiger partial charge < -0.3 is 9.73 Å². The molecule has 0 amide bonds. The molecule has 0 fully saturated rings. The molecule has 1 N–H and O–H groups in total. The minimum Gasteiger partial charge on any atom is -0.472 e. The van der Waals surface area contributed by atoms with Crippen molar-refractivity contribution in [2.45, 2.75) is 12.7 Å². The number of nitrogens with one attached hydrogen (secondary N) is 1. The van der Waals surface area contributed by atoms with Crippen LogP contribution in [0.2, 0.25) is 5.02 Å². The molecule has 0 aliphatic rings. The van der Waals surface area contributed by atoms with Crippen LogP contribution >= 0.6 is 11.6 Å². The lowest BCUT2D eigenvalue weighted by molar-refractivity contribution is -0.136. The summed E-state index contributed by atoms with van der Waals surface area (Å²) in [4.78, 5) is 0. The normalized spacial score (nSPS) is 11.6. The highest BCUT2D eigenvalue weighted by Gasteiger charge is 2.33. The Balaban J connectivity index is 2.22. The maximum absolute atomic E-state index is 12.8. The number of anilines is 1. The molecular weight excluding hydrogens is 267 g/mol. The Kier molecular flexibility index (Phi) is 3.52. The van der Waals surface area contributed by atoms with Gasteiger partial charge in [0.05, 0.1) is 18.1 Å². The zero-order chi connectivity index (χ0) is 13.2. The maximum atomic E-state index is 12.8. The van der Waals surface area contributed by atoms with Crippen molar-refractivity contribution in [1.29, 1.82) is 0 Å². The van der Waals surface area contributed by atoms with Gasteiger partial charge in [-0.15, -0.1) is 0 Å². The highest BCUT2D eigenvalue weighted by Crippen LogP contribution is 2.36. The van der Waals surface area contributed by atoms with E-state index in [1.165, 1.54) is 24.7 Å². The van der Waals surface area contributed by atoms with E-state index >= 15 is 0 Å². The summed E-state index contributed by atoms with van der Waals surface area (Å²) < 4.78 is 43.2. The Hall–Kier alpha value is -1.62. The molecule has 0 saturated heterocycles. The number of furan rings is 1. The molecule has 18 heavy (non-hydrogen) atoms. The summed E-state index contributed by atoms with van der Waals surface area (Å²) in [5.74, 6) is 0. The van der Waals surface area contributed by atoms with E-state index in [-0.39, 0.29) is 17.3 Å². The minimum absolute atomic E-state index is 0.00639. The van der Waals surface area contributed by atoms with E-state index in [1.807, 2.05) is 0 Å². The maximum Gasteiger partial charge on any atom is 0.418 e. The van der Waals surface area contributed by atoms with Gasteiger partial charge in [0.15, 0.2) is 0 Å². The number of alkyl halides is 3. The molecule has 2 rings (SSSR count). The largest absolute Gasteiger partial charge is 0.472 e. The SMILES string of the molecule is FC(F)(F)c1cc(Cl)ccc1NCc1ccoc1. The second-order valence-electron chi connectivity index (χ2n) is 3.67. The molecule has 0 saturated carbocycles. The summed E-state index contributed by atoms with van der Waals surface area (Å²) in [6, 6.07) is 5.30. The van der Waals surface area contributed by atoms with Crippen molar-refractivity contribution >= 4 is 17.3 Å². The van der Waals surface area contributed by atoms with Gasteiger partial charge in [-0.3, -0.25) is 0 Å². The Morgan fingerprint density at radius 3 is 2.61 bits per heavy atom. The van der Waals surface area contributed by atoms with E-state index in [1.54, 1.807) is 6.07 Å². The van der Waals surface area contributed by atoms with Crippen LogP contribution in [0.15, 0.2) is 41.2 Å². The van der Waals surface area contributed by atoms with Crippen LogP contribution in [0.25, 0.3) is 0 Å². The molecule has 1 aromatic heterocycles. The second-order valence-corrected chi connectivity index (χ2v) is 4.11. The van der Waals surface area contributed by atoms with Gasteiger partial charge in [-0.2, -0.15) is 13.2 Å². The first-order valence-electron chi connectivity index (χ1n) is 5.08. The molecule has 1 heterocycles. The molecule has 0 atom stereocenters. The monoisotopic (exact) mass is 275 g/mol. The number of hydrogen-bond donors (Lipinski definition) is 1. The summed E-state index contributed by atoms with van der Waals surface area (Å²) in [5, 5.41) is 2.76. The Bertz CT molecular complexity index is 523. The molecule has 1 aromatic carbocycles. The van der Waals surface area contributed by atoms with Crippen LogP contribution < -0.4 is 5.32 Å². The van der Waals surface area contributed by atoms with Gasteiger partial charge in [0.2, 0.25) is 0 Å². The third kappa shape index (κ3) is 2.98. The van der Waals surface area contributed by atoms with Crippen LogP contribution in [0.1, 0.15) is 11.1 Å². The van der Waals surface area contributed by atoms with Crippen molar-refractivity contribution in [2.75, 3.05) is 5.32 Å². The minimum atomic E-state index is -4.44. The molecule has 0 unspecified atom stereocenters. The first-order chi connectivity index (χ1) is 8.47. The quantitative estimate of drug-likeness (QED) is 0.888. The van der Waals surface area contributed by atoms with Crippen molar-refractivity contribution in [1.82, 2.24) is 0 Å². The predicted octanol–water partition coefficient (Wildman–Crippen LogP) is 4.56. The summed E-state index contributed by atoms with van der Waals surface area (Å²) in [5.41, 5.74) is -0.0235. The van der Waals surface area contributed by atoms with E-state index in [4.69, 9.17) is 16.0 Å². The van der Waals surface area contributed by atoms with Gasteiger partial charge in [-0.1, -0.05) is 11.6 Å². The third-order valence-corrected chi connectivity index (χ3v) is 2.59. The first-order valence-corrected chi connectivity index (χ1v) is 5.46. The van der Waals surface area contributed by atoms with Gasteiger partial charge in [0.1, 0.15) is 0 Å². The van der Waals surface area contributed by atoms with E-state index in [0.29, 0.717) is 0 Å². The number of benzene rings is 1. The Labute approximate surface area is 106 Å². The summed E-state index contributed by atoms with van der Waals surface area (Å²) in [7, 11) is 0. The van der Waals surface area contributed by atoms with Crippen LogP contribution in [0, 0.1) is 0 Å². The van der Waals surface area contributed by atoms with Crippen molar-refractivity contribution < 1.29 is 17.6 Å².